The maximum absolute atomic E-state index is 13.7. The van der Waals surface area contributed by atoms with E-state index in [1.54, 1.807) is 17.0 Å². The number of amidine groups is 1. The van der Waals surface area contributed by atoms with Gasteiger partial charge in [-0.1, -0.05) is 77.8 Å². The Balaban J connectivity index is 1.47. The van der Waals surface area contributed by atoms with Crippen LogP contribution in [-0.2, 0) is 11.4 Å². The Labute approximate surface area is 236 Å². The van der Waals surface area contributed by atoms with E-state index in [2.05, 4.69) is 0 Å². The van der Waals surface area contributed by atoms with Crippen molar-refractivity contribution in [1.29, 1.82) is 0 Å². The third-order valence-electron chi connectivity index (χ3n) is 6.00. The minimum absolute atomic E-state index is 0.178. The molecule has 0 atom stereocenters. The van der Waals surface area contributed by atoms with Crippen molar-refractivity contribution >= 4 is 63.5 Å². The number of benzene rings is 4. The highest BCUT2D eigenvalue weighted by Gasteiger charge is 2.35. The molecule has 0 unspecified atom stereocenters. The van der Waals surface area contributed by atoms with Crippen molar-refractivity contribution in [2.75, 3.05) is 4.90 Å². The van der Waals surface area contributed by atoms with Gasteiger partial charge in [-0.25, -0.2) is 4.99 Å². The van der Waals surface area contributed by atoms with Crippen LogP contribution in [0, 0.1) is 13.8 Å². The second-order valence-electron chi connectivity index (χ2n) is 8.86. The highest BCUT2D eigenvalue weighted by Crippen LogP contribution is 2.39. The van der Waals surface area contributed by atoms with E-state index in [4.69, 9.17) is 32.9 Å². The van der Waals surface area contributed by atoms with E-state index in [1.165, 1.54) is 11.8 Å². The number of thioether (sulfide) groups is 1. The molecule has 4 aromatic carbocycles. The molecule has 4 nitrogen and oxygen atoms in total. The fraction of sp³-hybridized carbons (Fsp3) is 0.0968. The molecule has 0 aliphatic carbocycles. The Morgan fingerprint density at radius 2 is 1.61 bits per heavy atom. The Hall–Kier alpha value is -3.51. The van der Waals surface area contributed by atoms with Crippen LogP contribution in [-0.4, -0.2) is 11.1 Å². The number of ether oxygens (including phenoxy) is 1. The Bertz CT molecular complexity index is 1570. The number of anilines is 1. The molecule has 1 aliphatic rings. The van der Waals surface area contributed by atoms with Gasteiger partial charge >= 0.3 is 0 Å². The predicted octanol–water partition coefficient (Wildman–Crippen LogP) is 9.00. The molecule has 1 amide bonds. The fourth-order valence-corrected chi connectivity index (χ4v) is 5.20. The van der Waals surface area contributed by atoms with Gasteiger partial charge in [0.2, 0.25) is 0 Å². The van der Waals surface area contributed by atoms with Gasteiger partial charge in [-0.15, -0.1) is 0 Å². The van der Waals surface area contributed by atoms with E-state index >= 15 is 0 Å². The minimum Gasteiger partial charge on any atom is -0.489 e. The number of rotatable bonds is 6. The zero-order valence-corrected chi connectivity index (χ0v) is 23.1. The Morgan fingerprint density at radius 1 is 0.868 bits per heavy atom. The van der Waals surface area contributed by atoms with Crippen LogP contribution in [0.1, 0.15) is 22.3 Å². The molecule has 1 aliphatic heterocycles. The fourth-order valence-electron chi connectivity index (χ4n) is 3.85. The van der Waals surface area contributed by atoms with E-state index in [0.29, 0.717) is 38.1 Å². The minimum atomic E-state index is -0.178. The molecule has 1 heterocycles. The van der Waals surface area contributed by atoms with Crippen LogP contribution in [0.3, 0.4) is 0 Å². The second kappa shape index (κ2) is 11.5. The summed E-state index contributed by atoms with van der Waals surface area (Å²) < 4.78 is 5.98. The lowest BCUT2D eigenvalue weighted by Gasteiger charge is -2.16. The summed E-state index contributed by atoms with van der Waals surface area (Å²) in [4.78, 5) is 20.6. The van der Waals surface area contributed by atoms with E-state index in [1.807, 2.05) is 98.8 Å². The molecule has 38 heavy (non-hydrogen) atoms. The van der Waals surface area contributed by atoms with Crippen LogP contribution in [0.2, 0.25) is 10.0 Å². The van der Waals surface area contributed by atoms with Crippen LogP contribution < -0.4 is 9.64 Å². The highest BCUT2D eigenvalue weighted by molar-refractivity contribution is 8.19. The van der Waals surface area contributed by atoms with E-state index < -0.39 is 0 Å². The summed E-state index contributed by atoms with van der Waals surface area (Å²) in [6.07, 6.45) is 1.86. The lowest BCUT2D eigenvalue weighted by atomic mass is 10.2. The quantitative estimate of drug-likeness (QED) is 0.222. The number of carbonyl (C=O) groups is 1. The van der Waals surface area contributed by atoms with Crippen molar-refractivity contribution in [3.05, 3.63) is 128 Å². The molecule has 0 radical (unpaired) electrons. The smallest absolute Gasteiger partial charge is 0.271 e. The van der Waals surface area contributed by atoms with Gasteiger partial charge in [-0.05, 0) is 90.3 Å². The van der Waals surface area contributed by atoms with Gasteiger partial charge in [-0.3, -0.25) is 9.69 Å². The molecule has 0 bridgehead atoms. The van der Waals surface area contributed by atoms with Crippen molar-refractivity contribution in [2.45, 2.75) is 20.5 Å². The molecule has 0 N–H and O–H groups in total. The number of aliphatic imine (C=N–C) groups is 1. The number of hydrogen-bond donors (Lipinski definition) is 0. The maximum Gasteiger partial charge on any atom is 0.271 e. The highest BCUT2D eigenvalue weighted by atomic mass is 35.5. The first-order valence-corrected chi connectivity index (χ1v) is 13.6. The monoisotopic (exact) mass is 558 g/mol. The molecule has 0 aromatic heterocycles. The van der Waals surface area contributed by atoms with Gasteiger partial charge in [0.15, 0.2) is 5.17 Å². The molecular formula is C31H24Cl2N2O2S. The Morgan fingerprint density at radius 3 is 2.34 bits per heavy atom. The third-order valence-corrected chi connectivity index (χ3v) is 7.79. The zero-order valence-electron chi connectivity index (χ0n) is 20.8. The zero-order chi connectivity index (χ0) is 26.6. The van der Waals surface area contributed by atoms with Gasteiger partial charge in [0.25, 0.3) is 5.91 Å². The van der Waals surface area contributed by atoms with Crippen molar-refractivity contribution in [3.8, 4) is 5.75 Å². The topological polar surface area (TPSA) is 41.9 Å². The molecule has 1 fully saturated rings. The summed E-state index contributed by atoms with van der Waals surface area (Å²) >= 11 is 14.1. The third kappa shape index (κ3) is 5.97. The number of amides is 1. The number of carbonyl (C=O) groups excluding carboxylic acids is 1. The molecular weight excluding hydrogens is 535 g/mol. The van der Waals surface area contributed by atoms with Crippen LogP contribution in [0.15, 0.2) is 101 Å². The molecule has 7 heteroatoms. The molecule has 1 saturated heterocycles. The number of nitrogens with zero attached hydrogens (tertiary/aromatic N) is 2. The van der Waals surface area contributed by atoms with Crippen molar-refractivity contribution < 1.29 is 9.53 Å². The van der Waals surface area contributed by atoms with Crippen molar-refractivity contribution in [3.63, 3.8) is 0 Å². The van der Waals surface area contributed by atoms with Gasteiger partial charge in [0.1, 0.15) is 12.4 Å². The SMILES string of the molecule is Cc1ccc(N=C2S/C(=C\c3cccc(OCc4ccccc4)c3)C(=O)N2c2ccc(C)c(Cl)c2)cc1Cl. The first-order chi connectivity index (χ1) is 18.4. The predicted molar refractivity (Wildman–Crippen MR) is 160 cm³/mol. The van der Waals surface area contributed by atoms with Crippen LogP contribution in [0.4, 0.5) is 11.4 Å². The van der Waals surface area contributed by atoms with Crippen LogP contribution in [0.25, 0.3) is 6.08 Å². The number of hydrogen-bond acceptors (Lipinski definition) is 4. The standard InChI is InChI=1S/C31H24Cl2N2O2S/c1-20-11-13-24(17-27(20)32)34-31-35(25-14-12-21(2)28(33)18-25)30(36)29(38-31)16-23-9-6-10-26(15-23)37-19-22-7-4-3-5-8-22/h3-18H,19H2,1-2H3/b29-16-,34-31?. The summed E-state index contributed by atoms with van der Waals surface area (Å²) in [7, 11) is 0. The second-order valence-corrected chi connectivity index (χ2v) is 10.7. The van der Waals surface area contributed by atoms with Crippen LogP contribution in [0.5, 0.6) is 5.75 Å². The van der Waals surface area contributed by atoms with E-state index in [-0.39, 0.29) is 5.91 Å². The molecule has 5 rings (SSSR count). The summed E-state index contributed by atoms with van der Waals surface area (Å²) in [5.41, 5.74) is 5.15. The van der Waals surface area contributed by atoms with Crippen LogP contribution >= 0.6 is 35.0 Å². The lowest BCUT2D eigenvalue weighted by molar-refractivity contribution is -0.113. The molecule has 0 spiro atoms. The van der Waals surface area contributed by atoms with E-state index in [0.717, 1.165) is 28.0 Å². The summed E-state index contributed by atoms with van der Waals surface area (Å²) in [5.74, 6) is 0.548. The Kier molecular flexibility index (Phi) is 7.89. The summed E-state index contributed by atoms with van der Waals surface area (Å²) in [6, 6.07) is 28.8. The van der Waals surface area contributed by atoms with Gasteiger partial charge < -0.3 is 4.74 Å². The number of aryl methyl sites for hydroxylation is 2. The largest absolute Gasteiger partial charge is 0.489 e. The first-order valence-electron chi connectivity index (χ1n) is 12.0. The summed E-state index contributed by atoms with van der Waals surface area (Å²) in [5, 5.41) is 1.73. The van der Waals surface area contributed by atoms with E-state index in [9.17, 15) is 4.79 Å². The normalized spacial score (nSPS) is 15.5. The maximum atomic E-state index is 13.7. The summed E-state index contributed by atoms with van der Waals surface area (Å²) in [6.45, 7) is 4.33. The van der Waals surface area contributed by atoms with Crippen molar-refractivity contribution in [2.24, 2.45) is 4.99 Å². The van der Waals surface area contributed by atoms with Gasteiger partial charge in [0, 0.05) is 10.0 Å². The van der Waals surface area contributed by atoms with Gasteiger partial charge in [0.05, 0.1) is 16.3 Å². The molecule has 4 aromatic rings. The molecule has 190 valence electrons. The average molecular weight is 560 g/mol. The number of halogens is 2. The first kappa shape index (κ1) is 26.1. The lowest BCUT2D eigenvalue weighted by Crippen LogP contribution is -2.28. The van der Waals surface area contributed by atoms with Gasteiger partial charge in [-0.2, -0.15) is 0 Å². The van der Waals surface area contributed by atoms with Crippen molar-refractivity contribution in [1.82, 2.24) is 0 Å². The molecule has 0 saturated carbocycles. The average Bonchev–Trinajstić information content (AvgIpc) is 3.21.